The highest BCUT2D eigenvalue weighted by atomic mass is 35.5. The van der Waals surface area contributed by atoms with Gasteiger partial charge >= 0.3 is 0 Å². The zero-order valence-corrected chi connectivity index (χ0v) is 13.0. The van der Waals surface area contributed by atoms with Gasteiger partial charge in [-0.3, -0.25) is 16.1 Å². The molecule has 0 spiro atoms. The van der Waals surface area contributed by atoms with Crippen molar-refractivity contribution in [1.29, 1.82) is 10.8 Å². The van der Waals surface area contributed by atoms with E-state index in [4.69, 9.17) is 16.6 Å². The second kappa shape index (κ2) is 13.5. The Morgan fingerprint density at radius 3 is 1.84 bits per heavy atom. The van der Waals surface area contributed by atoms with Crippen molar-refractivity contribution >= 4 is 24.3 Å². The molecule has 6 heteroatoms. The van der Waals surface area contributed by atoms with Gasteiger partial charge in [0.15, 0.2) is 11.9 Å². The highest BCUT2D eigenvalue weighted by Crippen LogP contribution is 2.10. The maximum absolute atomic E-state index is 7.67. The molecule has 114 valence electrons. The fraction of sp³-hybridized carbons (Fsp3) is 0.846. The van der Waals surface area contributed by atoms with E-state index in [-0.39, 0.29) is 24.3 Å². The number of unbranched alkanes of at least 4 members (excludes halogenated alkanes) is 4. The van der Waals surface area contributed by atoms with Gasteiger partial charge in [-0.05, 0) is 12.8 Å². The van der Waals surface area contributed by atoms with Crippen LogP contribution < -0.4 is 16.4 Å². The third-order valence-electron chi connectivity index (χ3n) is 2.92. The molecule has 0 bridgehead atoms. The number of guanidine groups is 2. The van der Waals surface area contributed by atoms with E-state index in [1.807, 2.05) is 0 Å². The van der Waals surface area contributed by atoms with Crippen LogP contribution in [0.2, 0.25) is 0 Å². The molecular formula is C13H30ClN5. The summed E-state index contributed by atoms with van der Waals surface area (Å²) in [4.78, 5) is 0. The van der Waals surface area contributed by atoms with Gasteiger partial charge in [-0.25, -0.2) is 0 Å². The molecule has 0 amide bonds. The molecule has 0 aromatic heterocycles. The molecule has 5 nitrogen and oxygen atoms in total. The van der Waals surface area contributed by atoms with E-state index in [2.05, 4.69) is 24.5 Å². The zero-order chi connectivity index (χ0) is 13.8. The fourth-order valence-electron chi connectivity index (χ4n) is 1.95. The van der Waals surface area contributed by atoms with Crippen molar-refractivity contribution in [3.05, 3.63) is 0 Å². The number of rotatable bonds is 9. The molecule has 0 heterocycles. The monoisotopic (exact) mass is 291 g/mol. The second-order valence-corrected chi connectivity index (χ2v) is 4.75. The summed E-state index contributed by atoms with van der Waals surface area (Å²) in [6.07, 6.45) is 9.44. The van der Waals surface area contributed by atoms with Crippen LogP contribution in [0.15, 0.2) is 0 Å². The lowest BCUT2D eigenvalue weighted by atomic mass is 10.0. The minimum atomic E-state index is -0.187. The molecule has 0 aromatic carbocycles. The molecule has 0 unspecified atom stereocenters. The van der Waals surface area contributed by atoms with Crippen molar-refractivity contribution in [2.75, 3.05) is 0 Å². The Morgan fingerprint density at radius 1 is 1.00 bits per heavy atom. The first-order valence-electron chi connectivity index (χ1n) is 7.06. The lowest BCUT2D eigenvalue weighted by molar-refractivity contribution is 0.466. The normalized spacial score (nSPS) is 9.84. The van der Waals surface area contributed by atoms with Crippen LogP contribution in [0.3, 0.4) is 0 Å². The maximum Gasteiger partial charge on any atom is 0.195 e. The first-order chi connectivity index (χ1) is 8.60. The van der Waals surface area contributed by atoms with Crippen LogP contribution in [0.1, 0.15) is 65.2 Å². The molecule has 0 radical (unpaired) electrons. The summed E-state index contributed by atoms with van der Waals surface area (Å²) >= 11 is 0. The van der Waals surface area contributed by atoms with Gasteiger partial charge in [-0.2, -0.15) is 0 Å². The van der Waals surface area contributed by atoms with E-state index in [0.717, 1.165) is 12.8 Å². The summed E-state index contributed by atoms with van der Waals surface area (Å²) in [6.45, 7) is 4.39. The summed E-state index contributed by atoms with van der Waals surface area (Å²) in [5, 5.41) is 20.4. The van der Waals surface area contributed by atoms with Gasteiger partial charge in [-0.15, -0.1) is 12.4 Å². The molecule has 0 aliphatic carbocycles. The number of nitrogens with one attached hydrogen (secondary N) is 4. The Bertz CT molecular complexity index is 235. The Morgan fingerprint density at radius 2 is 1.47 bits per heavy atom. The molecule has 0 aromatic rings. The van der Waals surface area contributed by atoms with Gasteiger partial charge in [0, 0.05) is 6.04 Å². The van der Waals surface area contributed by atoms with E-state index >= 15 is 0 Å². The van der Waals surface area contributed by atoms with Crippen LogP contribution in [-0.2, 0) is 0 Å². The van der Waals surface area contributed by atoms with Crippen LogP contribution in [0.4, 0.5) is 0 Å². The topological polar surface area (TPSA) is 97.8 Å². The Labute approximate surface area is 123 Å². The average molecular weight is 292 g/mol. The van der Waals surface area contributed by atoms with Crippen molar-refractivity contribution in [2.24, 2.45) is 5.73 Å². The second-order valence-electron chi connectivity index (χ2n) is 4.75. The molecule has 0 aliphatic rings. The highest BCUT2D eigenvalue weighted by molar-refractivity contribution is 5.94. The summed E-state index contributed by atoms with van der Waals surface area (Å²) < 4.78 is 0. The molecule has 0 atom stereocenters. The molecular weight excluding hydrogens is 262 g/mol. The number of hydrogen-bond acceptors (Lipinski definition) is 2. The summed E-state index contributed by atoms with van der Waals surface area (Å²) in [7, 11) is 0. The van der Waals surface area contributed by atoms with Gasteiger partial charge < -0.3 is 11.1 Å². The number of hydrogen-bond donors (Lipinski definition) is 5. The Hall–Kier alpha value is -0.970. The van der Waals surface area contributed by atoms with E-state index in [9.17, 15) is 0 Å². The average Bonchev–Trinajstić information content (AvgIpc) is 2.28. The minimum absolute atomic E-state index is 0. The van der Waals surface area contributed by atoms with Crippen LogP contribution in [0, 0.1) is 10.8 Å². The smallest absolute Gasteiger partial charge is 0.195 e. The van der Waals surface area contributed by atoms with Crippen molar-refractivity contribution < 1.29 is 0 Å². The van der Waals surface area contributed by atoms with Gasteiger partial charge in [0.25, 0.3) is 0 Å². The third-order valence-corrected chi connectivity index (χ3v) is 2.92. The van der Waals surface area contributed by atoms with E-state index < -0.39 is 0 Å². The molecule has 6 N–H and O–H groups in total. The Kier molecular flexibility index (Phi) is 14.4. The molecule has 0 saturated carbocycles. The third kappa shape index (κ3) is 13.3. The lowest BCUT2D eigenvalue weighted by Crippen LogP contribution is -2.47. The van der Waals surface area contributed by atoms with Gasteiger partial charge in [-0.1, -0.05) is 52.4 Å². The number of nitrogens with two attached hydrogens (primary N) is 1. The first-order valence-corrected chi connectivity index (χ1v) is 7.06. The standard InChI is InChI=1S/C13H29N5.ClH/c1-3-5-7-9-11(10-8-6-4-2)17-13(16)18-12(14)15;/h11H,3-10H2,1-2H3,(H6,14,15,16,17,18);1H. The summed E-state index contributed by atoms with van der Waals surface area (Å²) in [6, 6.07) is 0.322. The molecule has 0 fully saturated rings. The van der Waals surface area contributed by atoms with Crippen molar-refractivity contribution in [1.82, 2.24) is 10.6 Å². The van der Waals surface area contributed by atoms with Crippen LogP contribution in [-0.4, -0.2) is 18.0 Å². The van der Waals surface area contributed by atoms with E-state index in [1.54, 1.807) is 0 Å². The zero-order valence-electron chi connectivity index (χ0n) is 12.2. The van der Waals surface area contributed by atoms with Crippen LogP contribution in [0.5, 0.6) is 0 Å². The number of halogens is 1. The Balaban J connectivity index is 0. The van der Waals surface area contributed by atoms with E-state index in [0.29, 0.717) is 6.04 Å². The molecule has 19 heavy (non-hydrogen) atoms. The fourth-order valence-corrected chi connectivity index (χ4v) is 1.95. The van der Waals surface area contributed by atoms with Crippen molar-refractivity contribution in [3.63, 3.8) is 0 Å². The maximum atomic E-state index is 7.67. The lowest BCUT2D eigenvalue weighted by Gasteiger charge is -2.20. The predicted octanol–water partition coefficient (Wildman–Crippen LogP) is 2.94. The van der Waals surface area contributed by atoms with Crippen LogP contribution >= 0.6 is 12.4 Å². The van der Waals surface area contributed by atoms with Crippen LogP contribution in [0.25, 0.3) is 0 Å². The largest absolute Gasteiger partial charge is 0.370 e. The highest BCUT2D eigenvalue weighted by Gasteiger charge is 2.09. The molecule has 0 aliphatic heterocycles. The SMILES string of the molecule is CCCCCC(CCCCC)NC(=N)NC(=N)N.Cl. The van der Waals surface area contributed by atoms with Gasteiger partial charge in [0.1, 0.15) is 0 Å². The van der Waals surface area contributed by atoms with Crippen molar-refractivity contribution in [3.8, 4) is 0 Å². The summed E-state index contributed by atoms with van der Waals surface area (Å²) in [5.41, 5.74) is 5.20. The van der Waals surface area contributed by atoms with E-state index in [1.165, 1.54) is 38.5 Å². The molecule has 0 rings (SSSR count). The van der Waals surface area contributed by atoms with Crippen molar-refractivity contribution in [2.45, 2.75) is 71.3 Å². The quantitative estimate of drug-likeness (QED) is 0.257. The molecule has 0 saturated heterocycles. The van der Waals surface area contributed by atoms with Gasteiger partial charge in [0.05, 0.1) is 0 Å². The minimum Gasteiger partial charge on any atom is -0.370 e. The van der Waals surface area contributed by atoms with Gasteiger partial charge in [0.2, 0.25) is 0 Å². The first kappa shape index (κ1) is 20.3. The summed E-state index contributed by atoms with van der Waals surface area (Å²) in [5.74, 6) is -0.0473. The predicted molar refractivity (Wildman–Crippen MR) is 85.2 cm³/mol.